The molecule has 0 unspecified atom stereocenters. The van der Waals surface area contributed by atoms with Crippen molar-refractivity contribution in [2.75, 3.05) is 7.11 Å². The molecule has 3 aromatic heterocycles. The zero-order chi connectivity index (χ0) is 17.8. The molecule has 3 heterocycles. The number of imidazole rings is 2. The van der Waals surface area contributed by atoms with Crippen LogP contribution in [0.1, 0.15) is 25.6 Å². The zero-order valence-corrected chi connectivity index (χ0v) is 14.2. The molecule has 0 aromatic carbocycles. The normalized spacial score (nSPS) is 11.8. The van der Waals surface area contributed by atoms with Crippen molar-refractivity contribution in [3.05, 3.63) is 32.7 Å². The van der Waals surface area contributed by atoms with Crippen molar-refractivity contribution in [3.63, 3.8) is 0 Å². The minimum atomic E-state index is -0.662. The van der Waals surface area contributed by atoms with Crippen LogP contribution in [0.15, 0.2) is 15.8 Å². The van der Waals surface area contributed by atoms with E-state index in [-0.39, 0.29) is 17.2 Å². The predicted octanol–water partition coefficient (Wildman–Crippen LogP) is 0.212. The van der Waals surface area contributed by atoms with Gasteiger partial charge in [-0.2, -0.15) is 4.98 Å². The van der Waals surface area contributed by atoms with E-state index in [1.165, 1.54) is 18.7 Å². The average molecular weight is 333 g/mol. The number of hydrogen-bond donors (Lipinski definition) is 0. The van der Waals surface area contributed by atoms with E-state index in [2.05, 4.69) is 9.72 Å². The second-order valence-corrected chi connectivity index (χ2v) is 6.00. The lowest BCUT2D eigenvalue weighted by Gasteiger charge is -2.09. The summed E-state index contributed by atoms with van der Waals surface area (Å²) >= 11 is 0. The molecule has 9 nitrogen and oxygen atoms in total. The minimum absolute atomic E-state index is 0.147. The fourth-order valence-corrected chi connectivity index (χ4v) is 3.00. The molecule has 0 amide bonds. The fourth-order valence-electron chi connectivity index (χ4n) is 3.00. The molecule has 0 aliphatic heterocycles. The van der Waals surface area contributed by atoms with Gasteiger partial charge in [0.15, 0.2) is 11.2 Å². The highest BCUT2D eigenvalue weighted by molar-refractivity contribution is 5.76. The van der Waals surface area contributed by atoms with Crippen molar-refractivity contribution in [1.29, 1.82) is 0 Å². The van der Waals surface area contributed by atoms with E-state index >= 15 is 0 Å². The van der Waals surface area contributed by atoms with Crippen molar-refractivity contribution >= 4 is 22.9 Å². The molecular weight excluding hydrogens is 314 g/mol. The summed E-state index contributed by atoms with van der Waals surface area (Å²) in [6, 6.07) is 0.147. The van der Waals surface area contributed by atoms with Gasteiger partial charge in [0, 0.05) is 25.0 Å². The molecular formula is C15H19N5O4. The Hall–Kier alpha value is -2.84. The van der Waals surface area contributed by atoms with Crippen LogP contribution < -0.4 is 11.2 Å². The molecule has 24 heavy (non-hydrogen) atoms. The van der Waals surface area contributed by atoms with E-state index in [0.29, 0.717) is 5.78 Å². The Morgan fingerprint density at radius 3 is 2.58 bits per heavy atom. The maximum Gasteiger partial charge on any atom is 0.333 e. The molecule has 0 spiro atoms. The van der Waals surface area contributed by atoms with Crippen LogP contribution in [-0.4, -0.2) is 36.2 Å². The monoisotopic (exact) mass is 333 g/mol. The molecule has 0 aliphatic carbocycles. The van der Waals surface area contributed by atoms with Crippen LogP contribution >= 0.6 is 0 Å². The van der Waals surface area contributed by atoms with Gasteiger partial charge in [0.25, 0.3) is 5.56 Å². The number of carbonyl (C=O) groups is 1. The lowest BCUT2D eigenvalue weighted by molar-refractivity contribution is -0.141. The van der Waals surface area contributed by atoms with Gasteiger partial charge in [-0.1, -0.05) is 0 Å². The number of fused-ring (bicyclic) bond motifs is 3. The Bertz CT molecular complexity index is 1080. The lowest BCUT2D eigenvalue weighted by atomic mass is 10.3. The van der Waals surface area contributed by atoms with E-state index in [1.54, 1.807) is 10.6 Å². The fraction of sp³-hybridized carbons (Fsp3) is 0.467. The third-order valence-electron chi connectivity index (χ3n) is 4.10. The molecule has 0 fully saturated rings. The molecule has 0 saturated carbocycles. The molecule has 0 radical (unpaired) electrons. The smallest absolute Gasteiger partial charge is 0.333 e. The van der Waals surface area contributed by atoms with Gasteiger partial charge in [-0.3, -0.25) is 18.6 Å². The van der Waals surface area contributed by atoms with Gasteiger partial charge in [0.05, 0.1) is 7.11 Å². The Balaban J connectivity index is 2.45. The van der Waals surface area contributed by atoms with Gasteiger partial charge in [-0.05, 0) is 20.8 Å². The van der Waals surface area contributed by atoms with Crippen LogP contribution in [0.25, 0.3) is 16.9 Å². The number of carbonyl (C=O) groups excluding carboxylic acids is 1. The summed E-state index contributed by atoms with van der Waals surface area (Å²) in [4.78, 5) is 41.2. The van der Waals surface area contributed by atoms with Crippen molar-refractivity contribution in [2.24, 2.45) is 7.05 Å². The number of methoxy groups -OCH3 is 1. The second kappa shape index (κ2) is 5.36. The first-order valence-electron chi connectivity index (χ1n) is 7.54. The summed E-state index contributed by atoms with van der Waals surface area (Å²) in [6.07, 6.45) is 1.80. The van der Waals surface area contributed by atoms with Crippen molar-refractivity contribution in [2.45, 2.75) is 33.4 Å². The van der Waals surface area contributed by atoms with E-state index in [0.717, 1.165) is 10.3 Å². The summed E-state index contributed by atoms with van der Waals surface area (Å²) in [7, 11) is 2.73. The predicted molar refractivity (Wildman–Crippen MR) is 87.3 cm³/mol. The third-order valence-corrected chi connectivity index (χ3v) is 4.10. The highest BCUT2D eigenvalue weighted by Gasteiger charge is 2.21. The van der Waals surface area contributed by atoms with Gasteiger partial charge in [0.2, 0.25) is 5.78 Å². The van der Waals surface area contributed by atoms with Crippen molar-refractivity contribution < 1.29 is 9.53 Å². The first-order chi connectivity index (χ1) is 11.3. The average Bonchev–Trinajstić information content (AvgIpc) is 3.03. The number of hydrogen-bond acceptors (Lipinski definition) is 5. The molecule has 9 heteroatoms. The van der Waals surface area contributed by atoms with Crippen LogP contribution in [0, 0.1) is 6.92 Å². The van der Waals surface area contributed by atoms with Crippen molar-refractivity contribution in [1.82, 2.24) is 23.1 Å². The van der Waals surface area contributed by atoms with Crippen molar-refractivity contribution in [3.8, 4) is 0 Å². The highest BCUT2D eigenvalue weighted by atomic mass is 16.5. The van der Waals surface area contributed by atoms with Crippen LogP contribution in [0.3, 0.4) is 0 Å². The SMILES string of the molecule is COC(=O)Cn1c(=O)c2c(nc3n(C(C)C)c(C)cn23)n(C)c1=O. The number of esters is 1. The Morgan fingerprint density at radius 1 is 1.33 bits per heavy atom. The summed E-state index contributed by atoms with van der Waals surface area (Å²) < 4.78 is 10.3. The summed E-state index contributed by atoms with van der Waals surface area (Å²) in [5, 5.41) is 0. The Kier molecular flexibility index (Phi) is 3.58. The quantitative estimate of drug-likeness (QED) is 0.639. The van der Waals surface area contributed by atoms with E-state index in [1.807, 2.05) is 25.3 Å². The Labute approximate surface area is 136 Å². The summed E-state index contributed by atoms with van der Waals surface area (Å²) in [6.45, 7) is 5.52. The first-order valence-corrected chi connectivity index (χ1v) is 7.54. The van der Waals surface area contributed by atoms with Crippen LogP contribution in [0.5, 0.6) is 0 Å². The van der Waals surface area contributed by atoms with Crippen LogP contribution in [0.2, 0.25) is 0 Å². The van der Waals surface area contributed by atoms with Gasteiger partial charge in [0.1, 0.15) is 6.54 Å². The number of rotatable bonds is 3. The summed E-state index contributed by atoms with van der Waals surface area (Å²) in [5.41, 5.74) is 0.328. The molecule has 128 valence electrons. The van der Waals surface area contributed by atoms with Crippen LogP contribution in [0.4, 0.5) is 0 Å². The van der Waals surface area contributed by atoms with Gasteiger partial charge in [-0.15, -0.1) is 0 Å². The number of aryl methyl sites for hydroxylation is 2. The topological polar surface area (TPSA) is 92.5 Å². The maximum absolute atomic E-state index is 12.8. The minimum Gasteiger partial charge on any atom is -0.468 e. The van der Waals surface area contributed by atoms with Gasteiger partial charge in [-0.25, -0.2) is 9.36 Å². The molecule has 3 aromatic rings. The molecule has 0 saturated heterocycles. The third kappa shape index (κ3) is 2.08. The molecule has 3 rings (SSSR count). The zero-order valence-electron chi connectivity index (χ0n) is 14.2. The largest absolute Gasteiger partial charge is 0.468 e. The maximum atomic E-state index is 12.8. The summed E-state index contributed by atoms with van der Waals surface area (Å²) in [5.74, 6) is -0.0781. The van der Waals surface area contributed by atoms with E-state index in [4.69, 9.17) is 0 Å². The highest BCUT2D eigenvalue weighted by Crippen LogP contribution is 2.19. The van der Waals surface area contributed by atoms with E-state index < -0.39 is 23.8 Å². The first kappa shape index (κ1) is 16.0. The molecule has 0 aliphatic rings. The number of aromatic nitrogens is 5. The van der Waals surface area contributed by atoms with Gasteiger partial charge < -0.3 is 9.30 Å². The number of ether oxygens (including phenoxy) is 1. The Morgan fingerprint density at radius 2 is 2.00 bits per heavy atom. The van der Waals surface area contributed by atoms with E-state index in [9.17, 15) is 14.4 Å². The number of nitrogens with zero attached hydrogens (tertiary/aromatic N) is 5. The lowest BCUT2D eigenvalue weighted by Crippen LogP contribution is -2.41. The van der Waals surface area contributed by atoms with Gasteiger partial charge >= 0.3 is 11.7 Å². The second-order valence-electron chi connectivity index (χ2n) is 6.00. The molecule has 0 bridgehead atoms. The molecule has 0 atom stereocenters. The molecule has 0 N–H and O–H groups in total. The standard InChI is InChI=1S/C15H19N5O4/c1-8(2)20-9(3)6-18-11-12(16-14(18)20)17(4)15(23)19(13(11)22)7-10(21)24-5/h6,8H,7H2,1-5H3. The van der Waals surface area contributed by atoms with Crippen LogP contribution in [-0.2, 0) is 23.1 Å².